The topological polar surface area (TPSA) is 66.8 Å². The zero-order valence-electron chi connectivity index (χ0n) is 19.4. The highest BCUT2D eigenvalue weighted by Crippen LogP contribution is 2.32. The van der Waals surface area contributed by atoms with Crippen LogP contribution in [0.15, 0.2) is 84.9 Å². The van der Waals surface area contributed by atoms with E-state index < -0.39 is 17.9 Å². The fraction of sp³-hybridized carbons (Fsp3) is 0.143. The number of nitrogens with zero attached hydrogens (tertiary/aromatic N) is 1. The zero-order valence-corrected chi connectivity index (χ0v) is 21.7. The van der Waals surface area contributed by atoms with Crippen molar-refractivity contribution in [3.8, 4) is 16.2 Å². The molecule has 1 aromatic heterocycles. The number of hydrogen-bond donors (Lipinski definition) is 1. The largest absolute Gasteiger partial charge is 0.497 e. The number of benzene rings is 3. The zero-order chi connectivity index (χ0) is 25.7. The molecule has 0 radical (unpaired) electrons. The average molecular weight is 540 g/mol. The molecule has 1 unspecified atom stereocenters. The lowest BCUT2D eigenvalue weighted by atomic mass is 10.0. The number of thiophene rings is 1. The molecule has 0 saturated heterocycles. The van der Waals surface area contributed by atoms with Crippen LogP contribution in [0.2, 0.25) is 10.0 Å². The third kappa shape index (κ3) is 6.08. The van der Waals surface area contributed by atoms with E-state index in [4.69, 9.17) is 27.9 Å². The monoisotopic (exact) mass is 539 g/mol. The van der Waals surface area contributed by atoms with Gasteiger partial charge in [0.2, 0.25) is 0 Å². The Balaban J connectivity index is 1.68. The summed E-state index contributed by atoms with van der Waals surface area (Å²) in [5.41, 5.74) is 2.02. The van der Waals surface area contributed by atoms with Crippen LogP contribution in [0.3, 0.4) is 0 Å². The van der Waals surface area contributed by atoms with E-state index in [2.05, 4.69) is 0 Å². The summed E-state index contributed by atoms with van der Waals surface area (Å²) in [6.45, 7) is 0.114. The van der Waals surface area contributed by atoms with Gasteiger partial charge in [0.15, 0.2) is 0 Å². The Morgan fingerprint density at radius 1 is 0.972 bits per heavy atom. The lowest BCUT2D eigenvalue weighted by Gasteiger charge is -2.29. The Bertz CT molecular complexity index is 1360. The van der Waals surface area contributed by atoms with Gasteiger partial charge in [-0.15, -0.1) is 11.3 Å². The number of carboxylic acids is 1. The number of carboxylic acid groups (broad SMARTS) is 1. The molecule has 0 aliphatic rings. The van der Waals surface area contributed by atoms with Gasteiger partial charge in [-0.05, 0) is 65.7 Å². The molecule has 0 aliphatic carbocycles. The molecule has 8 heteroatoms. The first-order valence-corrected chi connectivity index (χ1v) is 12.7. The van der Waals surface area contributed by atoms with Gasteiger partial charge in [0.25, 0.3) is 5.91 Å². The van der Waals surface area contributed by atoms with E-state index in [1.165, 1.54) is 28.4 Å². The summed E-state index contributed by atoms with van der Waals surface area (Å²) in [5.74, 6) is -0.805. The van der Waals surface area contributed by atoms with Crippen LogP contribution >= 0.6 is 34.5 Å². The van der Waals surface area contributed by atoms with E-state index in [-0.39, 0.29) is 23.6 Å². The highest BCUT2D eigenvalue weighted by atomic mass is 35.5. The molecule has 4 aromatic rings. The smallest absolute Gasteiger partial charge is 0.326 e. The second-order valence-electron chi connectivity index (χ2n) is 8.10. The second-order valence-corrected chi connectivity index (χ2v) is 10.1. The standard InChI is InChI=1S/C28H23Cl2NO4S/c1-35-21-10-7-19(8-11-21)26-14-12-22(36-26)17-31(27(32)23-13-9-20(29)16-24(23)30)25(28(33)34)15-18-5-3-2-4-6-18/h2-14,16,25H,15,17H2,1H3,(H,33,34). The number of carbonyl (C=O) groups is 2. The fourth-order valence-corrected chi connectivity index (χ4v) is 5.35. The van der Waals surface area contributed by atoms with Crippen LogP contribution in [0.1, 0.15) is 20.8 Å². The molecule has 5 nitrogen and oxygen atoms in total. The minimum absolute atomic E-state index is 0.114. The first-order chi connectivity index (χ1) is 17.4. The summed E-state index contributed by atoms with van der Waals surface area (Å²) < 4.78 is 5.23. The van der Waals surface area contributed by atoms with Crippen LogP contribution in [-0.2, 0) is 17.8 Å². The van der Waals surface area contributed by atoms with E-state index in [1.54, 1.807) is 13.2 Å². The first-order valence-electron chi connectivity index (χ1n) is 11.1. The van der Waals surface area contributed by atoms with Gasteiger partial charge >= 0.3 is 5.97 Å². The molecule has 0 saturated carbocycles. The van der Waals surface area contributed by atoms with Gasteiger partial charge < -0.3 is 14.7 Å². The molecule has 1 N–H and O–H groups in total. The molecule has 184 valence electrons. The van der Waals surface area contributed by atoms with E-state index in [0.29, 0.717) is 5.02 Å². The maximum Gasteiger partial charge on any atom is 0.326 e. The van der Waals surface area contributed by atoms with Crippen molar-refractivity contribution >= 4 is 46.4 Å². The fourth-order valence-electron chi connectivity index (χ4n) is 3.85. The van der Waals surface area contributed by atoms with Crippen molar-refractivity contribution in [2.45, 2.75) is 19.0 Å². The Kier molecular flexibility index (Phi) is 8.31. The Morgan fingerprint density at radius 3 is 2.33 bits per heavy atom. The number of amides is 1. The van der Waals surface area contributed by atoms with E-state index in [0.717, 1.165) is 26.6 Å². The second kappa shape index (κ2) is 11.6. The molecule has 0 bridgehead atoms. The van der Waals surface area contributed by atoms with Crippen molar-refractivity contribution < 1.29 is 19.4 Å². The summed E-state index contributed by atoms with van der Waals surface area (Å²) in [6.07, 6.45) is 0.157. The molecule has 4 rings (SSSR count). The maximum absolute atomic E-state index is 13.7. The van der Waals surface area contributed by atoms with E-state index >= 15 is 0 Å². The third-order valence-electron chi connectivity index (χ3n) is 5.72. The lowest BCUT2D eigenvalue weighted by Crippen LogP contribution is -2.46. The number of hydrogen-bond acceptors (Lipinski definition) is 4. The predicted molar refractivity (Wildman–Crippen MR) is 144 cm³/mol. The van der Waals surface area contributed by atoms with Crippen LogP contribution in [0.25, 0.3) is 10.4 Å². The molecular weight excluding hydrogens is 517 g/mol. The van der Waals surface area contributed by atoms with Gasteiger partial charge in [0.05, 0.1) is 24.2 Å². The summed E-state index contributed by atoms with van der Waals surface area (Å²) >= 11 is 13.9. The Labute approximate surface area is 223 Å². The number of halogens is 2. The van der Waals surface area contributed by atoms with Gasteiger partial charge in [0, 0.05) is 21.2 Å². The number of ether oxygens (including phenoxy) is 1. The van der Waals surface area contributed by atoms with Crippen LogP contribution < -0.4 is 4.74 Å². The van der Waals surface area contributed by atoms with Crippen molar-refractivity contribution in [2.24, 2.45) is 0 Å². The molecule has 0 fully saturated rings. The highest BCUT2D eigenvalue weighted by molar-refractivity contribution is 7.15. The third-order valence-corrected chi connectivity index (χ3v) is 7.38. The van der Waals surface area contributed by atoms with E-state index in [9.17, 15) is 14.7 Å². The Morgan fingerprint density at radius 2 is 1.69 bits per heavy atom. The van der Waals surface area contributed by atoms with Gasteiger partial charge in [-0.25, -0.2) is 4.79 Å². The SMILES string of the molecule is COc1ccc(-c2ccc(CN(C(=O)c3ccc(Cl)cc3Cl)C(Cc3ccccc3)C(=O)O)s2)cc1. The van der Waals surface area contributed by atoms with Crippen LogP contribution in [0.4, 0.5) is 0 Å². The van der Waals surface area contributed by atoms with Crippen molar-refractivity contribution in [1.82, 2.24) is 4.90 Å². The molecule has 0 aliphatic heterocycles. The quantitative estimate of drug-likeness (QED) is 0.247. The normalized spacial score (nSPS) is 11.6. The van der Waals surface area contributed by atoms with Gasteiger partial charge in [-0.2, -0.15) is 0 Å². The average Bonchev–Trinajstić information content (AvgIpc) is 3.35. The first kappa shape index (κ1) is 25.8. The van der Waals surface area contributed by atoms with Crippen molar-refractivity contribution in [1.29, 1.82) is 0 Å². The van der Waals surface area contributed by atoms with Crippen molar-refractivity contribution in [3.63, 3.8) is 0 Å². The number of methoxy groups -OCH3 is 1. The minimum Gasteiger partial charge on any atom is -0.497 e. The highest BCUT2D eigenvalue weighted by Gasteiger charge is 2.32. The van der Waals surface area contributed by atoms with Crippen molar-refractivity contribution in [3.05, 3.63) is 111 Å². The number of rotatable bonds is 9. The summed E-state index contributed by atoms with van der Waals surface area (Å²) in [7, 11) is 1.62. The predicted octanol–water partition coefficient (Wildman–Crippen LogP) is 7.07. The summed E-state index contributed by atoms with van der Waals surface area (Å²) in [5, 5.41) is 10.7. The molecule has 1 heterocycles. The van der Waals surface area contributed by atoms with Crippen LogP contribution in [-0.4, -0.2) is 35.0 Å². The molecule has 3 aromatic carbocycles. The summed E-state index contributed by atoms with van der Waals surface area (Å²) in [4.78, 5) is 29.3. The molecular formula is C28H23Cl2NO4S. The lowest BCUT2D eigenvalue weighted by molar-refractivity contribution is -0.142. The van der Waals surface area contributed by atoms with Crippen LogP contribution in [0, 0.1) is 0 Å². The molecule has 0 spiro atoms. The molecule has 1 atom stereocenters. The number of aliphatic carboxylic acids is 1. The van der Waals surface area contributed by atoms with Gasteiger partial charge in [0.1, 0.15) is 11.8 Å². The Hall–Kier alpha value is -3.32. The van der Waals surface area contributed by atoms with Gasteiger partial charge in [-0.1, -0.05) is 53.5 Å². The van der Waals surface area contributed by atoms with Gasteiger partial charge in [-0.3, -0.25) is 4.79 Å². The minimum atomic E-state index is -1.10. The molecule has 1 amide bonds. The summed E-state index contributed by atoms with van der Waals surface area (Å²) in [6, 6.07) is 24.3. The number of carbonyl (C=O) groups excluding carboxylic acids is 1. The van der Waals surface area contributed by atoms with Crippen LogP contribution in [0.5, 0.6) is 5.75 Å². The molecule has 36 heavy (non-hydrogen) atoms. The maximum atomic E-state index is 13.7. The van der Waals surface area contributed by atoms with E-state index in [1.807, 2.05) is 66.7 Å². The van der Waals surface area contributed by atoms with Crippen molar-refractivity contribution in [2.75, 3.05) is 7.11 Å².